The molecule has 164 valence electrons. The van der Waals surface area contributed by atoms with Crippen molar-refractivity contribution in [1.29, 1.82) is 0 Å². The number of hydrogen-bond donors (Lipinski definition) is 1. The molecule has 0 fully saturated rings. The second-order valence-corrected chi connectivity index (χ2v) is 8.25. The zero-order valence-corrected chi connectivity index (χ0v) is 18.4. The van der Waals surface area contributed by atoms with Crippen molar-refractivity contribution in [3.63, 3.8) is 0 Å². The number of benzene rings is 3. The van der Waals surface area contributed by atoms with Crippen LogP contribution in [-0.2, 0) is 10.9 Å². The van der Waals surface area contributed by atoms with Gasteiger partial charge in [0.2, 0.25) is 0 Å². The maximum absolute atomic E-state index is 13.2. The summed E-state index contributed by atoms with van der Waals surface area (Å²) in [7, 11) is 0. The van der Waals surface area contributed by atoms with Crippen molar-refractivity contribution < 1.29 is 22.7 Å². The van der Waals surface area contributed by atoms with Gasteiger partial charge in [-0.1, -0.05) is 82.7 Å². The van der Waals surface area contributed by atoms with Crippen LogP contribution in [-0.4, -0.2) is 19.2 Å². The number of hydrogen-bond acceptors (Lipinski definition) is 2. The van der Waals surface area contributed by atoms with Crippen LogP contribution in [0.5, 0.6) is 0 Å². The van der Waals surface area contributed by atoms with Gasteiger partial charge in [-0.05, 0) is 39.9 Å². The predicted molar refractivity (Wildman–Crippen MR) is 121 cm³/mol. The Morgan fingerprint density at radius 2 is 1.62 bits per heavy atom. The van der Waals surface area contributed by atoms with Crippen LogP contribution in [0.25, 0.3) is 17.2 Å². The molecule has 32 heavy (non-hydrogen) atoms. The van der Waals surface area contributed by atoms with Crippen molar-refractivity contribution in [1.82, 2.24) is 5.32 Å². The summed E-state index contributed by atoms with van der Waals surface area (Å²) in [6, 6.07) is 20.0. The molecule has 1 N–H and O–H groups in total. The molecule has 1 aliphatic rings. The fourth-order valence-corrected chi connectivity index (χ4v) is 4.26. The molecule has 3 nitrogen and oxygen atoms in total. The molecular weight excluding hydrogens is 483 g/mol. The summed E-state index contributed by atoms with van der Waals surface area (Å²) in [4.78, 5) is 12.2. The van der Waals surface area contributed by atoms with Gasteiger partial charge in [-0.3, -0.25) is 0 Å². The highest BCUT2D eigenvalue weighted by Gasteiger charge is 2.33. The molecule has 0 spiro atoms. The van der Waals surface area contributed by atoms with Crippen molar-refractivity contribution in [2.75, 3.05) is 13.2 Å². The van der Waals surface area contributed by atoms with E-state index in [2.05, 4.69) is 33.4 Å². The molecule has 0 aliphatic heterocycles. The zero-order chi connectivity index (χ0) is 22.7. The molecule has 0 unspecified atom stereocenters. The monoisotopic (exact) mass is 501 g/mol. The molecular formula is C25H19BrF3NO2. The normalized spacial score (nSPS) is 13.1. The van der Waals surface area contributed by atoms with E-state index in [1.165, 1.54) is 24.3 Å². The lowest BCUT2D eigenvalue weighted by Gasteiger charge is -2.14. The molecule has 0 radical (unpaired) electrons. The second-order valence-electron chi connectivity index (χ2n) is 7.34. The number of alkyl carbamates (subject to hydrolysis) is 1. The molecule has 0 atom stereocenters. The number of amides is 1. The number of fused-ring (bicyclic) bond motifs is 3. The maximum Gasteiger partial charge on any atom is 0.417 e. The Bertz CT molecular complexity index is 1130. The summed E-state index contributed by atoms with van der Waals surface area (Å²) >= 11 is 3.06. The number of rotatable bonds is 5. The highest BCUT2D eigenvalue weighted by molar-refractivity contribution is 9.10. The van der Waals surface area contributed by atoms with Crippen LogP contribution in [0.3, 0.4) is 0 Å². The summed E-state index contributed by atoms with van der Waals surface area (Å²) in [5.41, 5.74) is 3.76. The largest absolute Gasteiger partial charge is 0.449 e. The summed E-state index contributed by atoms with van der Waals surface area (Å²) in [5.74, 6) is -0.0548. The van der Waals surface area contributed by atoms with E-state index in [-0.39, 0.29) is 24.6 Å². The van der Waals surface area contributed by atoms with Gasteiger partial charge < -0.3 is 10.1 Å². The first-order valence-electron chi connectivity index (χ1n) is 9.96. The van der Waals surface area contributed by atoms with Crippen LogP contribution in [0.15, 0.2) is 77.3 Å². The lowest BCUT2D eigenvalue weighted by molar-refractivity contribution is -0.137. The van der Waals surface area contributed by atoms with Gasteiger partial charge in [-0.15, -0.1) is 0 Å². The predicted octanol–water partition coefficient (Wildman–Crippen LogP) is 7.02. The minimum Gasteiger partial charge on any atom is -0.449 e. The third-order valence-corrected chi connectivity index (χ3v) is 5.82. The average molecular weight is 502 g/mol. The Balaban J connectivity index is 1.35. The number of carbonyl (C=O) groups excluding carboxylic acids is 1. The van der Waals surface area contributed by atoms with Gasteiger partial charge in [0.05, 0.1) is 5.56 Å². The van der Waals surface area contributed by atoms with Gasteiger partial charge in [0.15, 0.2) is 0 Å². The van der Waals surface area contributed by atoms with Crippen LogP contribution >= 0.6 is 15.9 Å². The Morgan fingerprint density at radius 1 is 1.00 bits per heavy atom. The van der Waals surface area contributed by atoms with Gasteiger partial charge in [0, 0.05) is 16.9 Å². The highest BCUT2D eigenvalue weighted by atomic mass is 79.9. The average Bonchev–Trinajstić information content (AvgIpc) is 3.09. The molecule has 1 aliphatic carbocycles. The second kappa shape index (κ2) is 9.20. The van der Waals surface area contributed by atoms with Crippen LogP contribution in [0, 0.1) is 0 Å². The SMILES string of the molecule is O=C(NCC=Cc1ccc(Br)cc1C(F)(F)F)OCC1c2ccccc2-c2ccccc21. The first kappa shape index (κ1) is 22.1. The molecule has 3 aromatic carbocycles. The van der Waals surface area contributed by atoms with Crippen LogP contribution in [0.2, 0.25) is 0 Å². The Hall–Kier alpha value is -3.06. The number of halogens is 4. The first-order chi connectivity index (χ1) is 15.3. The fraction of sp³-hybridized carbons (Fsp3) is 0.160. The quantitative estimate of drug-likeness (QED) is 0.407. The number of ether oxygens (including phenoxy) is 1. The lowest BCUT2D eigenvalue weighted by Crippen LogP contribution is -2.26. The van der Waals surface area contributed by atoms with Gasteiger partial charge in [-0.25, -0.2) is 4.79 Å². The zero-order valence-electron chi connectivity index (χ0n) is 16.8. The standard InChI is InChI=1S/C25H19BrF3NO2/c26-17-12-11-16(23(14-17)25(27,28)29)6-5-13-30-24(31)32-15-22-20-9-3-1-7-18(20)19-8-2-4-10-21(19)22/h1-12,14,22H,13,15H2,(H,30,31). The van der Waals surface area contributed by atoms with E-state index in [9.17, 15) is 18.0 Å². The topological polar surface area (TPSA) is 38.3 Å². The first-order valence-corrected chi connectivity index (χ1v) is 10.8. The Kier molecular flexibility index (Phi) is 6.37. The van der Waals surface area contributed by atoms with E-state index in [1.54, 1.807) is 0 Å². The number of nitrogens with one attached hydrogen (secondary N) is 1. The molecule has 0 heterocycles. The molecule has 0 bridgehead atoms. The molecule has 4 rings (SSSR count). The lowest BCUT2D eigenvalue weighted by atomic mass is 9.98. The molecule has 7 heteroatoms. The summed E-state index contributed by atoms with van der Waals surface area (Å²) in [5, 5.41) is 2.56. The molecule has 1 amide bonds. The van der Waals surface area contributed by atoms with Gasteiger partial charge in [0.25, 0.3) is 0 Å². The molecule has 3 aromatic rings. The van der Waals surface area contributed by atoms with E-state index in [4.69, 9.17) is 4.74 Å². The van der Waals surface area contributed by atoms with Gasteiger partial charge in [0.1, 0.15) is 6.61 Å². The van der Waals surface area contributed by atoms with Crippen molar-refractivity contribution in [3.8, 4) is 11.1 Å². The third-order valence-electron chi connectivity index (χ3n) is 5.33. The Labute approximate surface area is 192 Å². The molecule has 0 saturated heterocycles. The van der Waals surface area contributed by atoms with E-state index in [1.807, 2.05) is 36.4 Å². The summed E-state index contributed by atoms with van der Waals surface area (Å²) in [6.45, 7) is 0.221. The summed E-state index contributed by atoms with van der Waals surface area (Å²) < 4.78 is 45.3. The van der Waals surface area contributed by atoms with Crippen molar-refractivity contribution in [2.24, 2.45) is 0 Å². The van der Waals surface area contributed by atoms with Crippen LogP contribution in [0.1, 0.15) is 28.2 Å². The number of carbonyl (C=O) groups is 1. The van der Waals surface area contributed by atoms with Crippen LogP contribution < -0.4 is 5.32 Å². The van der Waals surface area contributed by atoms with E-state index in [0.29, 0.717) is 4.47 Å². The van der Waals surface area contributed by atoms with Gasteiger partial charge in [-0.2, -0.15) is 13.2 Å². The molecule has 0 saturated carbocycles. The highest BCUT2D eigenvalue weighted by Crippen LogP contribution is 2.44. The Morgan fingerprint density at radius 3 is 2.25 bits per heavy atom. The minimum atomic E-state index is -4.47. The smallest absolute Gasteiger partial charge is 0.417 e. The van der Waals surface area contributed by atoms with Crippen LogP contribution in [0.4, 0.5) is 18.0 Å². The van der Waals surface area contributed by atoms with Gasteiger partial charge >= 0.3 is 12.3 Å². The van der Waals surface area contributed by atoms with Crippen molar-refractivity contribution >= 4 is 28.1 Å². The third kappa shape index (κ3) is 4.72. The van der Waals surface area contributed by atoms with E-state index in [0.717, 1.165) is 28.3 Å². The summed E-state index contributed by atoms with van der Waals surface area (Å²) in [6.07, 6.45) is -2.30. The van der Waals surface area contributed by atoms with Crippen molar-refractivity contribution in [2.45, 2.75) is 12.1 Å². The maximum atomic E-state index is 13.2. The fourth-order valence-electron chi connectivity index (χ4n) is 3.90. The number of alkyl halides is 3. The minimum absolute atomic E-state index is 0.0232. The van der Waals surface area contributed by atoms with Crippen molar-refractivity contribution in [3.05, 3.63) is 99.5 Å². The van der Waals surface area contributed by atoms with E-state index < -0.39 is 17.8 Å². The van der Waals surface area contributed by atoms with E-state index >= 15 is 0 Å². The molecule has 0 aromatic heterocycles.